The van der Waals surface area contributed by atoms with Gasteiger partial charge in [0.1, 0.15) is 0 Å². The average Bonchev–Trinajstić information content (AvgIpc) is 3.06. The van der Waals surface area contributed by atoms with Crippen LogP contribution < -0.4 is 0 Å². The molecule has 0 saturated heterocycles. The zero-order valence-corrected chi connectivity index (χ0v) is 20.7. The fourth-order valence-electron chi connectivity index (χ4n) is 8.68. The lowest BCUT2D eigenvalue weighted by Crippen LogP contribution is -2.49. The van der Waals surface area contributed by atoms with Gasteiger partial charge in [0.2, 0.25) is 0 Å². The van der Waals surface area contributed by atoms with Crippen molar-refractivity contribution in [2.75, 3.05) is 0 Å². The van der Waals surface area contributed by atoms with Crippen LogP contribution in [0.5, 0.6) is 0 Å². The maximum Gasteiger partial charge on any atom is 0.0543 e. The maximum absolute atomic E-state index is 10.3. The second-order valence-corrected chi connectivity index (χ2v) is 12.5. The van der Waals surface area contributed by atoms with Gasteiger partial charge >= 0.3 is 0 Å². The van der Waals surface area contributed by atoms with E-state index in [0.717, 1.165) is 42.4 Å². The Morgan fingerprint density at radius 1 is 1.00 bits per heavy atom. The molecule has 9 atom stereocenters. The molecule has 0 bridgehead atoms. The van der Waals surface area contributed by atoms with Crippen molar-refractivity contribution >= 4 is 0 Å². The molecule has 0 aromatic heterocycles. The number of aliphatic hydroxyl groups is 1. The maximum atomic E-state index is 10.3. The molecule has 0 aliphatic heterocycles. The van der Waals surface area contributed by atoms with Crippen LogP contribution in [0.2, 0.25) is 0 Å². The third-order valence-corrected chi connectivity index (χ3v) is 10.7. The Balaban J connectivity index is 1.53. The zero-order valence-electron chi connectivity index (χ0n) is 20.7. The van der Waals surface area contributed by atoms with Crippen LogP contribution in [-0.4, -0.2) is 11.2 Å². The molecule has 30 heavy (non-hydrogen) atoms. The van der Waals surface area contributed by atoms with E-state index >= 15 is 0 Å². The third-order valence-electron chi connectivity index (χ3n) is 10.7. The molecule has 4 aliphatic rings. The number of allylic oxidation sites excluding steroid dienone is 4. The average molecular weight is 413 g/mol. The monoisotopic (exact) mass is 412 g/mol. The van der Waals surface area contributed by atoms with Gasteiger partial charge in [-0.2, -0.15) is 0 Å². The second kappa shape index (κ2) is 8.42. The summed E-state index contributed by atoms with van der Waals surface area (Å²) in [6.45, 7) is 14.8. The number of rotatable bonds is 5. The highest BCUT2D eigenvalue weighted by molar-refractivity contribution is 5.28. The highest BCUT2D eigenvalue weighted by Gasteiger charge is 2.57. The van der Waals surface area contributed by atoms with E-state index in [1.54, 1.807) is 0 Å². The van der Waals surface area contributed by atoms with E-state index in [9.17, 15) is 5.11 Å². The molecule has 0 aromatic rings. The van der Waals surface area contributed by atoms with Crippen LogP contribution in [0.3, 0.4) is 0 Å². The number of hydrogen-bond acceptors (Lipinski definition) is 1. The first-order valence-corrected chi connectivity index (χ1v) is 13.3. The second-order valence-electron chi connectivity index (χ2n) is 12.5. The minimum Gasteiger partial charge on any atom is -0.393 e. The van der Waals surface area contributed by atoms with Crippen molar-refractivity contribution in [1.82, 2.24) is 0 Å². The van der Waals surface area contributed by atoms with Gasteiger partial charge in [0, 0.05) is 0 Å². The lowest BCUT2D eigenvalue weighted by Gasteiger charge is -2.57. The Morgan fingerprint density at radius 3 is 2.40 bits per heavy atom. The first kappa shape index (κ1) is 22.6. The van der Waals surface area contributed by atoms with E-state index in [4.69, 9.17) is 0 Å². The van der Waals surface area contributed by atoms with Crippen LogP contribution >= 0.6 is 0 Å². The summed E-state index contributed by atoms with van der Waals surface area (Å²) in [7, 11) is 0. The number of hydrogen-bond donors (Lipinski definition) is 1. The SMILES string of the molecule is CCC(/C=C/[C@@H](C)C1CCC2C3=CC[C@H]4C[C@@H](O)CC[C@]4(C)C3CC[C@@]21C)C(C)C. The molecule has 1 heteroatoms. The fraction of sp³-hybridized carbons (Fsp3) is 0.862. The summed E-state index contributed by atoms with van der Waals surface area (Å²) in [5.74, 6) is 5.32. The van der Waals surface area contributed by atoms with Crippen molar-refractivity contribution in [3.05, 3.63) is 23.8 Å². The highest BCUT2D eigenvalue weighted by atomic mass is 16.3. The summed E-state index contributed by atoms with van der Waals surface area (Å²) in [4.78, 5) is 0. The van der Waals surface area contributed by atoms with Crippen LogP contribution in [0, 0.1) is 52.3 Å². The Morgan fingerprint density at radius 2 is 1.70 bits per heavy atom. The Bertz CT molecular complexity index is 674. The highest BCUT2D eigenvalue weighted by Crippen LogP contribution is 2.66. The standard InChI is InChI=1S/C29H48O/c1-7-21(19(2)3)9-8-20(4)25-12-13-26-24-11-10-22-18-23(30)14-16-28(22,5)27(24)15-17-29(25,26)6/h8-9,11,19-23,25-27,30H,7,10,12-18H2,1-6H3/b9-8+/t20-,21?,22+,23+,25?,26?,27?,28+,29-/m1/s1. The first-order chi connectivity index (χ1) is 14.2. The van der Waals surface area contributed by atoms with Gasteiger partial charge in [-0.3, -0.25) is 0 Å². The lowest BCUT2D eigenvalue weighted by molar-refractivity contribution is -0.0414. The van der Waals surface area contributed by atoms with Crippen molar-refractivity contribution in [1.29, 1.82) is 0 Å². The van der Waals surface area contributed by atoms with Gasteiger partial charge in [0.05, 0.1) is 6.10 Å². The van der Waals surface area contributed by atoms with Gasteiger partial charge in [-0.15, -0.1) is 0 Å². The zero-order chi connectivity index (χ0) is 21.7. The van der Waals surface area contributed by atoms with E-state index in [-0.39, 0.29) is 6.10 Å². The molecule has 0 aromatic carbocycles. The van der Waals surface area contributed by atoms with Crippen LogP contribution in [-0.2, 0) is 0 Å². The van der Waals surface area contributed by atoms with E-state index in [1.807, 2.05) is 5.57 Å². The van der Waals surface area contributed by atoms with E-state index in [2.05, 4.69) is 59.8 Å². The van der Waals surface area contributed by atoms with E-state index in [0.29, 0.717) is 22.7 Å². The van der Waals surface area contributed by atoms with Crippen LogP contribution in [0.1, 0.15) is 99.3 Å². The number of fused-ring (bicyclic) bond motifs is 5. The third kappa shape index (κ3) is 3.66. The lowest BCUT2D eigenvalue weighted by atomic mass is 9.47. The van der Waals surface area contributed by atoms with Gasteiger partial charge in [-0.05, 0) is 110 Å². The van der Waals surface area contributed by atoms with E-state index < -0.39 is 0 Å². The van der Waals surface area contributed by atoms with Crippen molar-refractivity contribution in [3.63, 3.8) is 0 Å². The summed E-state index contributed by atoms with van der Waals surface area (Å²) < 4.78 is 0. The fourth-order valence-corrected chi connectivity index (χ4v) is 8.68. The molecule has 1 N–H and O–H groups in total. The molecule has 1 nitrogen and oxygen atoms in total. The van der Waals surface area contributed by atoms with Gasteiger partial charge in [0.25, 0.3) is 0 Å². The predicted octanol–water partition coefficient (Wildman–Crippen LogP) is 7.80. The topological polar surface area (TPSA) is 20.2 Å². The smallest absolute Gasteiger partial charge is 0.0543 e. The molecule has 0 radical (unpaired) electrons. The summed E-state index contributed by atoms with van der Waals surface area (Å²) in [6, 6.07) is 0. The molecule has 4 unspecified atom stereocenters. The number of aliphatic hydroxyl groups excluding tert-OH is 1. The summed E-state index contributed by atoms with van der Waals surface area (Å²) in [6.07, 6.45) is 19.2. The molecule has 4 aliphatic carbocycles. The molecule has 3 saturated carbocycles. The normalized spacial score (nSPS) is 45.6. The molecule has 0 spiro atoms. The van der Waals surface area contributed by atoms with Gasteiger partial charge < -0.3 is 5.11 Å². The molecular weight excluding hydrogens is 364 g/mol. The summed E-state index contributed by atoms with van der Waals surface area (Å²) in [5.41, 5.74) is 2.79. The Hall–Kier alpha value is -0.560. The van der Waals surface area contributed by atoms with Gasteiger partial charge in [-0.25, -0.2) is 0 Å². The largest absolute Gasteiger partial charge is 0.393 e. The van der Waals surface area contributed by atoms with Crippen LogP contribution in [0.25, 0.3) is 0 Å². The van der Waals surface area contributed by atoms with Crippen molar-refractivity contribution in [3.8, 4) is 0 Å². The molecule has 0 heterocycles. The first-order valence-electron chi connectivity index (χ1n) is 13.3. The van der Waals surface area contributed by atoms with Crippen molar-refractivity contribution in [2.45, 2.75) is 105 Å². The van der Waals surface area contributed by atoms with Crippen LogP contribution in [0.15, 0.2) is 23.8 Å². The summed E-state index contributed by atoms with van der Waals surface area (Å²) >= 11 is 0. The van der Waals surface area contributed by atoms with Gasteiger partial charge in [0.15, 0.2) is 0 Å². The minimum atomic E-state index is -0.0480. The van der Waals surface area contributed by atoms with Crippen LogP contribution in [0.4, 0.5) is 0 Å². The molecule has 4 rings (SSSR count). The molecular formula is C29H48O. The Labute approximate surface area is 186 Å². The van der Waals surface area contributed by atoms with E-state index in [1.165, 1.54) is 44.9 Å². The summed E-state index contributed by atoms with van der Waals surface area (Å²) in [5, 5.41) is 10.3. The van der Waals surface area contributed by atoms with Gasteiger partial charge in [-0.1, -0.05) is 65.3 Å². The van der Waals surface area contributed by atoms with Crippen molar-refractivity contribution < 1.29 is 5.11 Å². The molecule has 0 amide bonds. The Kier molecular flexibility index (Phi) is 6.35. The molecule has 170 valence electrons. The molecule has 3 fully saturated rings. The van der Waals surface area contributed by atoms with Crippen molar-refractivity contribution in [2.24, 2.45) is 52.3 Å². The minimum absolute atomic E-state index is 0.0480. The predicted molar refractivity (Wildman–Crippen MR) is 128 cm³/mol. The quantitative estimate of drug-likeness (QED) is 0.457.